The molecule has 4 nitrogen and oxygen atoms in total. The molecule has 0 aromatic carbocycles. The molecule has 0 spiro atoms. The zero-order valence-corrected chi connectivity index (χ0v) is 7.29. The minimum Gasteiger partial charge on any atom is -0.392 e. The minimum atomic E-state index is -0.471. The molecule has 2 N–H and O–H groups in total. The van der Waals surface area contributed by atoms with E-state index >= 15 is 0 Å². The van der Waals surface area contributed by atoms with Gasteiger partial charge in [0.1, 0.15) is 0 Å². The third-order valence-electron chi connectivity index (χ3n) is 1.05. The highest BCUT2D eigenvalue weighted by atomic mass is 16.3. The molecule has 1 atom stereocenters. The molecule has 66 valence electrons. The summed E-state index contributed by atoms with van der Waals surface area (Å²) < 4.78 is 0. The van der Waals surface area contributed by atoms with Crippen molar-refractivity contribution in [2.75, 3.05) is 27.2 Å². The number of hydrogen-bond donors (Lipinski definition) is 2. The molecule has 1 amide bonds. The van der Waals surface area contributed by atoms with Gasteiger partial charge in [0.25, 0.3) is 0 Å². The molecule has 0 rings (SSSR count). The Balaban J connectivity index is 3.38. The zero-order valence-electron chi connectivity index (χ0n) is 7.29. The van der Waals surface area contributed by atoms with E-state index in [0.717, 1.165) is 0 Å². The molecule has 0 aliphatic heterocycles. The first-order valence-electron chi connectivity index (χ1n) is 3.62. The molecule has 0 aromatic rings. The maximum absolute atomic E-state index is 10.9. The van der Waals surface area contributed by atoms with Crippen LogP contribution in [0.1, 0.15) is 6.92 Å². The van der Waals surface area contributed by atoms with E-state index in [1.807, 2.05) is 14.1 Å². The third kappa shape index (κ3) is 7.29. The molecule has 1 unspecified atom stereocenters. The van der Waals surface area contributed by atoms with Crippen LogP contribution in [0.25, 0.3) is 0 Å². The lowest BCUT2D eigenvalue weighted by Crippen LogP contribution is -2.36. The van der Waals surface area contributed by atoms with Gasteiger partial charge in [0.05, 0.1) is 12.6 Å². The van der Waals surface area contributed by atoms with Crippen LogP contribution in [-0.4, -0.2) is 49.2 Å². The second-order valence-electron chi connectivity index (χ2n) is 2.89. The van der Waals surface area contributed by atoms with Gasteiger partial charge in [-0.3, -0.25) is 4.79 Å². The summed E-state index contributed by atoms with van der Waals surface area (Å²) in [5.74, 6) is -0.0594. The van der Waals surface area contributed by atoms with Crippen LogP contribution in [0.4, 0.5) is 0 Å². The summed E-state index contributed by atoms with van der Waals surface area (Å²) in [4.78, 5) is 12.7. The predicted molar refractivity (Wildman–Crippen MR) is 43.2 cm³/mol. The van der Waals surface area contributed by atoms with Crippen LogP contribution < -0.4 is 5.32 Å². The van der Waals surface area contributed by atoms with E-state index in [9.17, 15) is 4.79 Å². The predicted octanol–water partition coefficient (Wildman–Crippen LogP) is -0.955. The molecule has 4 heteroatoms. The summed E-state index contributed by atoms with van der Waals surface area (Å²) in [6.45, 7) is 2.33. The number of likely N-dealkylation sites (N-methyl/N-ethyl adjacent to an activating group) is 1. The van der Waals surface area contributed by atoms with Crippen molar-refractivity contribution in [3.8, 4) is 0 Å². The fourth-order valence-electron chi connectivity index (χ4n) is 0.605. The van der Waals surface area contributed by atoms with E-state index in [0.29, 0.717) is 13.1 Å². The molecule has 0 saturated carbocycles. The van der Waals surface area contributed by atoms with Crippen molar-refractivity contribution >= 4 is 5.91 Å². The van der Waals surface area contributed by atoms with E-state index in [4.69, 9.17) is 5.11 Å². The summed E-state index contributed by atoms with van der Waals surface area (Å²) in [6.07, 6.45) is -0.471. The van der Waals surface area contributed by atoms with Gasteiger partial charge >= 0.3 is 0 Å². The second-order valence-corrected chi connectivity index (χ2v) is 2.89. The topological polar surface area (TPSA) is 52.6 Å². The van der Waals surface area contributed by atoms with Crippen LogP contribution in [0, 0.1) is 0 Å². The second kappa shape index (κ2) is 5.09. The van der Waals surface area contributed by atoms with Crippen molar-refractivity contribution in [2.45, 2.75) is 13.0 Å². The molecule has 0 aliphatic carbocycles. The van der Waals surface area contributed by atoms with Crippen molar-refractivity contribution < 1.29 is 9.90 Å². The molecule has 0 bridgehead atoms. The van der Waals surface area contributed by atoms with Gasteiger partial charge in [-0.2, -0.15) is 0 Å². The molecular weight excluding hydrogens is 144 g/mol. The Labute approximate surface area is 67.2 Å². The lowest BCUT2D eigenvalue weighted by molar-refractivity contribution is -0.122. The zero-order chi connectivity index (χ0) is 8.85. The molecular formula is C7H16N2O2. The summed E-state index contributed by atoms with van der Waals surface area (Å²) in [7, 11) is 3.64. The van der Waals surface area contributed by atoms with Gasteiger partial charge in [0, 0.05) is 6.54 Å². The normalized spacial score (nSPS) is 13.2. The fourth-order valence-corrected chi connectivity index (χ4v) is 0.605. The van der Waals surface area contributed by atoms with E-state index in [1.165, 1.54) is 0 Å². The van der Waals surface area contributed by atoms with E-state index in [2.05, 4.69) is 5.32 Å². The highest BCUT2D eigenvalue weighted by molar-refractivity contribution is 5.77. The minimum absolute atomic E-state index is 0.0594. The van der Waals surface area contributed by atoms with Crippen LogP contribution in [-0.2, 0) is 4.79 Å². The summed E-state index contributed by atoms with van der Waals surface area (Å²) in [6, 6.07) is 0. The summed E-state index contributed by atoms with van der Waals surface area (Å²) in [5.41, 5.74) is 0. The average Bonchev–Trinajstić information content (AvgIpc) is 1.82. The number of amides is 1. The van der Waals surface area contributed by atoms with Gasteiger partial charge in [-0.05, 0) is 21.0 Å². The van der Waals surface area contributed by atoms with Gasteiger partial charge in [-0.1, -0.05) is 0 Å². The molecule has 0 aliphatic rings. The van der Waals surface area contributed by atoms with E-state index in [1.54, 1.807) is 11.8 Å². The first-order valence-corrected chi connectivity index (χ1v) is 3.62. The number of nitrogens with one attached hydrogen (secondary N) is 1. The average molecular weight is 160 g/mol. The Hall–Kier alpha value is -0.610. The van der Waals surface area contributed by atoms with Crippen LogP contribution in [0.3, 0.4) is 0 Å². The molecule has 0 saturated heterocycles. The van der Waals surface area contributed by atoms with E-state index in [-0.39, 0.29) is 5.91 Å². The number of aliphatic hydroxyl groups is 1. The van der Waals surface area contributed by atoms with Gasteiger partial charge in [-0.15, -0.1) is 0 Å². The van der Waals surface area contributed by atoms with Crippen molar-refractivity contribution in [3.63, 3.8) is 0 Å². The van der Waals surface area contributed by atoms with Crippen LogP contribution in [0.2, 0.25) is 0 Å². The monoisotopic (exact) mass is 160 g/mol. The van der Waals surface area contributed by atoms with Gasteiger partial charge < -0.3 is 15.3 Å². The van der Waals surface area contributed by atoms with Crippen molar-refractivity contribution in [2.24, 2.45) is 0 Å². The fraction of sp³-hybridized carbons (Fsp3) is 0.857. The van der Waals surface area contributed by atoms with Crippen LogP contribution in [0.15, 0.2) is 0 Å². The Morgan fingerprint density at radius 3 is 2.55 bits per heavy atom. The molecule has 11 heavy (non-hydrogen) atoms. The highest BCUT2D eigenvalue weighted by Crippen LogP contribution is 1.77. The van der Waals surface area contributed by atoms with Gasteiger partial charge in [0.15, 0.2) is 0 Å². The smallest absolute Gasteiger partial charge is 0.234 e. The summed E-state index contributed by atoms with van der Waals surface area (Å²) in [5, 5.41) is 11.4. The lowest BCUT2D eigenvalue weighted by Gasteiger charge is -2.10. The first kappa shape index (κ1) is 10.4. The highest BCUT2D eigenvalue weighted by Gasteiger charge is 2.02. The third-order valence-corrected chi connectivity index (χ3v) is 1.05. The van der Waals surface area contributed by atoms with Gasteiger partial charge in [0.2, 0.25) is 5.91 Å². The SMILES string of the molecule is CC(O)CNC(=O)CN(C)C. The Morgan fingerprint density at radius 1 is 1.64 bits per heavy atom. The Morgan fingerprint density at radius 2 is 2.18 bits per heavy atom. The molecule has 0 radical (unpaired) electrons. The maximum Gasteiger partial charge on any atom is 0.234 e. The Kier molecular flexibility index (Phi) is 4.81. The standard InChI is InChI=1S/C7H16N2O2/c1-6(10)4-8-7(11)5-9(2)3/h6,10H,4-5H2,1-3H3,(H,8,11). The number of nitrogens with zero attached hydrogens (tertiary/aromatic N) is 1. The maximum atomic E-state index is 10.9. The number of carbonyl (C=O) groups is 1. The van der Waals surface area contributed by atoms with Crippen molar-refractivity contribution in [3.05, 3.63) is 0 Å². The quantitative estimate of drug-likeness (QED) is 0.557. The number of rotatable bonds is 4. The number of aliphatic hydroxyl groups excluding tert-OH is 1. The first-order chi connectivity index (χ1) is 5.02. The lowest BCUT2D eigenvalue weighted by atomic mass is 10.4. The molecule has 0 heterocycles. The van der Waals surface area contributed by atoms with Gasteiger partial charge in [-0.25, -0.2) is 0 Å². The van der Waals surface area contributed by atoms with Crippen molar-refractivity contribution in [1.82, 2.24) is 10.2 Å². The van der Waals surface area contributed by atoms with E-state index < -0.39 is 6.10 Å². The van der Waals surface area contributed by atoms with Crippen LogP contribution >= 0.6 is 0 Å². The largest absolute Gasteiger partial charge is 0.392 e. The van der Waals surface area contributed by atoms with Crippen molar-refractivity contribution in [1.29, 1.82) is 0 Å². The number of hydrogen-bond acceptors (Lipinski definition) is 3. The summed E-state index contributed by atoms with van der Waals surface area (Å²) >= 11 is 0. The number of carbonyl (C=O) groups excluding carboxylic acids is 1. The molecule has 0 fully saturated rings. The van der Waals surface area contributed by atoms with Crippen LogP contribution in [0.5, 0.6) is 0 Å². The Bertz CT molecular complexity index is 124. The molecule has 0 aromatic heterocycles.